The molecule has 0 spiro atoms. The monoisotopic (exact) mass is 266 g/mol. The first kappa shape index (κ1) is 13.3. The third-order valence-corrected chi connectivity index (χ3v) is 4.62. The van der Waals surface area contributed by atoms with Crippen LogP contribution in [0.5, 0.6) is 0 Å². The lowest BCUT2D eigenvalue weighted by Crippen LogP contribution is -2.37. The van der Waals surface area contributed by atoms with Crippen molar-refractivity contribution in [1.29, 1.82) is 5.41 Å². The number of nitrogens with one attached hydrogen (secondary N) is 1. The molecule has 1 atom stereocenters. The van der Waals surface area contributed by atoms with Crippen LogP contribution >= 0.6 is 11.3 Å². The Kier molecular flexibility index (Phi) is 3.90. The molecule has 0 radical (unpaired) electrons. The zero-order valence-corrected chi connectivity index (χ0v) is 12.2. The highest BCUT2D eigenvalue weighted by molar-refractivity contribution is 7.17. The van der Waals surface area contributed by atoms with Crippen molar-refractivity contribution in [1.82, 2.24) is 4.98 Å². The number of anilines is 1. The van der Waals surface area contributed by atoms with Crippen LogP contribution in [-0.2, 0) is 0 Å². The standard InChI is InChI=1S/C13H22N4S/c1-8(2)10-11(12(14)15)18-13(16-10)17-7-5-4-6-9(17)3/h8-9H,4-7H2,1-3H3,(H3,14,15). The number of nitrogens with two attached hydrogens (primary N) is 1. The Morgan fingerprint density at radius 2 is 2.22 bits per heavy atom. The first-order chi connectivity index (χ1) is 8.50. The van der Waals surface area contributed by atoms with E-state index in [4.69, 9.17) is 16.1 Å². The van der Waals surface area contributed by atoms with Crippen molar-refractivity contribution in [2.24, 2.45) is 5.73 Å². The Morgan fingerprint density at radius 1 is 1.50 bits per heavy atom. The molecule has 1 aliphatic heterocycles. The number of hydrogen-bond acceptors (Lipinski definition) is 4. The number of nitrogens with zero attached hydrogens (tertiary/aromatic N) is 2. The van der Waals surface area contributed by atoms with Gasteiger partial charge in [-0.2, -0.15) is 0 Å². The molecule has 0 aliphatic carbocycles. The summed E-state index contributed by atoms with van der Waals surface area (Å²) in [7, 11) is 0. The van der Waals surface area contributed by atoms with Crippen LogP contribution in [0.1, 0.15) is 56.5 Å². The minimum Gasteiger partial charge on any atom is -0.383 e. The zero-order chi connectivity index (χ0) is 13.3. The Balaban J connectivity index is 2.33. The van der Waals surface area contributed by atoms with E-state index in [9.17, 15) is 0 Å². The number of thiazole rings is 1. The van der Waals surface area contributed by atoms with Gasteiger partial charge in [0.2, 0.25) is 0 Å². The van der Waals surface area contributed by atoms with Gasteiger partial charge in [0.15, 0.2) is 5.13 Å². The minimum absolute atomic E-state index is 0.145. The maximum absolute atomic E-state index is 7.68. The molecule has 1 aromatic heterocycles. The molecule has 100 valence electrons. The molecule has 1 aromatic rings. The highest BCUT2D eigenvalue weighted by Crippen LogP contribution is 2.33. The summed E-state index contributed by atoms with van der Waals surface area (Å²) in [5, 5.41) is 8.71. The van der Waals surface area contributed by atoms with E-state index >= 15 is 0 Å². The summed E-state index contributed by atoms with van der Waals surface area (Å²) in [6.45, 7) is 7.53. The maximum Gasteiger partial charge on any atom is 0.186 e. The van der Waals surface area contributed by atoms with Crippen molar-refractivity contribution < 1.29 is 0 Å². The molecular weight excluding hydrogens is 244 g/mol. The van der Waals surface area contributed by atoms with Crippen molar-refractivity contribution >= 4 is 22.3 Å². The number of nitrogen functional groups attached to an aromatic ring is 1. The van der Waals surface area contributed by atoms with E-state index in [1.165, 1.54) is 19.3 Å². The van der Waals surface area contributed by atoms with Crippen LogP contribution in [-0.4, -0.2) is 23.4 Å². The van der Waals surface area contributed by atoms with Gasteiger partial charge in [0, 0.05) is 12.6 Å². The molecule has 0 saturated carbocycles. The molecule has 5 heteroatoms. The lowest BCUT2D eigenvalue weighted by atomic mass is 10.0. The summed E-state index contributed by atoms with van der Waals surface area (Å²) in [6, 6.07) is 0.546. The highest BCUT2D eigenvalue weighted by atomic mass is 32.1. The summed E-state index contributed by atoms with van der Waals surface area (Å²) in [6.07, 6.45) is 3.77. The smallest absolute Gasteiger partial charge is 0.186 e. The number of hydrogen-bond donors (Lipinski definition) is 2. The molecule has 1 unspecified atom stereocenters. The van der Waals surface area contributed by atoms with E-state index in [1.807, 2.05) is 0 Å². The number of amidine groups is 1. The second kappa shape index (κ2) is 5.26. The number of rotatable bonds is 3. The molecule has 0 aromatic carbocycles. The van der Waals surface area contributed by atoms with Gasteiger partial charge in [-0.25, -0.2) is 4.98 Å². The van der Waals surface area contributed by atoms with Crippen molar-refractivity contribution in [3.05, 3.63) is 10.6 Å². The van der Waals surface area contributed by atoms with Crippen LogP contribution in [0.25, 0.3) is 0 Å². The fraction of sp³-hybridized carbons (Fsp3) is 0.692. The van der Waals surface area contributed by atoms with E-state index in [1.54, 1.807) is 11.3 Å². The second-order valence-electron chi connectivity index (χ2n) is 5.32. The predicted molar refractivity (Wildman–Crippen MR) is 77.9 cm³/mol. The molecule has 2 heterocycles. The molecule has 1 saturated heterocycles. The maximum atomic E-state index is 7.68. The van der Waals surface area contributed by atoms with Gasteiger partial charge < -0.3 is 10.6 Å². The molecule has 2 rings (SSSR count). The minimum atomic E-state index is 0.145. The molecule has 1 aliphatic rings. The number of piperidine rings is 1. The SMILES string of the molecule is CC(C)c1nc(N2CCCCC2C)sc1C(=N)N. The van der Waals surface area contributed by atoms with Gasteiger partial charge in [-0.05, 0) is 32.1 Å². The molecule has 18 heavy (non-hydrogen) atoms. The molecule has 1 fully saturated rings. The van der Waals surface area contributed by atoms with Crippen molar-refractivity contribution in [3.63, 3.8) is 0 Å². The third-order valence-electron chi connectivity index (χ3n) is 3.48. The summed E-state index contributed by atoms with van der Waals surface area (Å²) in [4.78, 5) is 7.94. The molecule has 3 N–H and O–H groups in total. The van der Waals surface area contributed by atoms with E-state index in [-0.39, 0.29) is 5.84 Å². The average Bonchev–Trinajstić information content (AvgIpc) is 2.74. The molecular formula is C13H22N4S. The molecule has 0 bridgehead atoms. The van der Waals surface area contributed by atoms with Crippen LogP contribution in [0, 0.1) is 5.41 Å². The summed E-state index contributed by atoms with van der Waals surface area (Å²) in [5.41, 5.74) is 6.64. The highest BCUT2D eigenvalue weighted by Gasteiger charge is 2.24. The zero-order valence-electron chi connectivity index (χ0n) is 11.4. The number of aromatic nitrogens is 1. The lowest BCUT2D eigenvalue weighted by Gasteiger charge is -2.33. The third kappa shape index (κ3) is 2.51. The van der Waals surface area contributed by atoms with Crippen molar-refractivity contribution in [2.45, 2.75) is 52.0 Å². The van der Waals surface area contributed by atoms with Gasteiger partial charge in [0.1, 0.15) is 5.84 Å². The van der Waals surface area contributed by atoms with Crippen molar-refractivity contribution in [3.8, 4) is 0 Å². The lowest BCUT2D eigenvalue weighted by molar-refractivity contribution is 0.483. The van der Waals surface area contributed by atoms with E-state index in [0.717, 1.165) is 22.2 Å². The molecule has 4 nitrogen and oxygen atoms in total. The van der Waals surface area contributed by atoms with Crippen LogP contribution in [0.2, 0.25) is 0 Å². The van der Waals surface area contributed by atoms with Gasteiger partial charge in [-0.15, -0.1) is 0 Å². The van der Waals surface area contributed by atoms with E-state index in [0.29, 0.717) is 12.0 Å². The largest absolute Gasteiger partial charge is 0.383 e. The Bertz CT molecular complexity index is 438. The van der Waals surface area contributed by atoms with Gasteiger partial charge in [-0.1, -0.05) is 25.2 Å². The van der Waals surface area contributed by atoms with E-state index < -0.39 is 0 Å². The van der Waals surface area contributed by atoms with Gasteiger partial charge in [0.05, 0.1) is 10.6 Å². The fourth-order valence-corrected chi connectivity index (χ4v) is 3.62. The van der Waals surface area contributed by atoms with Crippen LogP contribution in [0.3, 0.4) is 0 Å². The van der Waals surface area contributed by atoms with Crippen molar-refractivity contribution in [2.75, 3.05) is 11.4 Å². The second-order valence-corrected chi connectivity index (χ2v) is 6.29. The topological polar surface area (TPSA) is 66.0 Å². The fourth-order valence-electron chi connectivity index (χ4n) is 2.41. The van der Waals surface area contributed by atoms with Gasteiger partial charge >= 0.3 is 0 Å². The van der Waals surface area contributed by atoms with Gasteiger partial charge in [-0.3, -0.25) is 5.41 Å². The van der Waals surface area contributed by atoms with Crippen LogP contribution in [0.4, 0.5) is 5.13 Å². The quantitative estimate of drug-likeness (QED) is 0.653. The Morgan fingerprint density at radius 3 is 2.72 bits per heavy atom. The average molecular weight is 266 g/mol. The summed E-state index contributed by atoms with van der Waals surface area (Å²) in [5.74, 6) is 0.459. The van der Waals surface area contributed by atoms with Gasteiger partial charge in [0.25, 0.3) is 0 Å². The predicted octanol–water partition coefficient (Wildman–Crippen LogP) is 2.93. The first-order valence-electron chi connectivity index (χ1n) is 6.62. The van der Waals surface area contributed by atoms with E-state index in [2.05, 4.69) is 25.7 Å². The Labute approximate surface area is 113 Å². The summed E-state index contributed by atoms with van der Waals surface area (Å²) >= 11 is 1.57. The molecule has 0 amide bonds. The van der Waals surface area contributed by atoms with Crippen LogP contribution < -0.4 is 10.6 Å². The normalized spacial score (nSPS) is 20.4. The first-order valence-corrected chi connectivity index (χ1v) is 7.44. The van der Waals surface area contributed by atoms with Crippen LogP contribution in [0.15, 0.2) is 0 Å². The Hall–Kier alpha value is -1.10. The summed E-state index contributed by atoms with van der Waals surface area (Å²) < 4.78 is 0.